The number of benzene rings is 1. The van der Waals surface area contributed by atoms with Crippen LogP contribution in [0.15, 0.2) is 49.3 Å². The lowest BCUT2D eigenvalue weighted by Gasteiger charge is -2.41. The molecular formula is C36H47FN6O5. The van der Waals surface area contributed by atoms with Gasteiger partial charge in [-0.1, -0.05) is 13.0 Å². The molecule has 0 amide bonds. The molecule has 11 nitrogen and oxygen atoms in total. The maximum absolute atomic E-state index is 14.2. The predicted octanol–water partition coefficient (Wildman–Crippen LogP) is 6.33. The number of aryl methyl sites for hydroxylation is 1. The third kappa shape index (κ3) is 7.87. The van der Waals surface area contributed by atoms with Crippen LogP contribution in [0.2, 0.25) is 0 Å². The number of rotatable bonds is 13. The summed E-state index contributed by atoms with van der Waals surface area (Å²) in [6.07, 6.45) is 7.13. The van der Waals surface area contributed by atoms with Crippen molar-refractivity contribution in [2.75, 3.05) is 38.3 Å². The lowest BCUT2D eigenvalue weighted by atomic mass is 9.92. The van der Waals surface area contributed by atoms with Crippen molar-refractivity contribution in [2.24, 2.45) is 0 Å². The summed E-state index contributed by atoms with van der Waals surface area (Å²) in [7, 11) is 1.36. The van der Waals surface area contributed by atoms with E-state index < -0.39 is 17.7 Å². The van der Waals surface area contributed by atoms with Gasteiger partial charge in [0.05, 0.1) is 43.3 Å². The van der Waals surface area contributed by atoms with Crippen LogP contribution in [0.5, 0.6) is 5.75 Å². The van der Waals surface area contributed by atoms with E-state index in [1.54, 1.807) is 27.5 Å². The molecule has 12 heteroatoms. The van der Waals surface area contributed by atoms with E-state index in [9.17, 15) is 9.18 Å². The third-order valence-electron chi connectivity index (χ3n) is 8.36. The zero-order valence-electron chi connectivity index (χ0n) is 29.1. The Morgan fingerprint density at radius 1 is 1.21 bits per heavy atom. The summed E-state index contributed by atoms with van der Waals surface area (Å²) < 4.78 is 41.2. The van der Waals surface area contributed by atoms with Crippen molar-refractivity contribution in [3.05, 3.63) is 77.5 Å². The molecule has 4 heterocycles. The van der Waals surface area contributed by atoms with Gasteiger partial charge in [-0.05, 0) is 77.6 Å². The van der Waals surface area contributed by atoms with Gasteiger partial charge in [-0.3, -0.25) is 0 Å². The van der Waals surface area contributed by atoms with Crippen LogP contribution in [0.25, 0.3) is 11.5 Å². The number of piperidine rings is 1. The molecule has 0 unspecified atom stereocenters. The van der Waals surface area contributed by atoms with E-state index in [1.807, 2.05) is 46.9 Å². The number of hydrogen-bond acceptors (Lipinski definition) is 9. The van der Waals surface area contributed by atoms with Crippen molar-refractivity contribution in [1.29, 1.82) is 0 Å². The smallest absolute Gasteiger partial charge is 0.339 e. The first-order valence-electron chi connectivity index (χ1n) is 16.5. The summed E-state index contributed by atoms with van der Waals surface area (Å²) in [5, 5.41) is 9.57. The number of ether oxygens (including phenoxy) is 4. The quantitative estimate of drug-likeness (QED) is 0.120. The van der Waals surface area contributed by atoms with Gasteiger partial charge in [0, 0.05) is 43.0 Å². The molecule has 48 heavy (non-hydrogen) atoms. The zero-order valence-corrected chi connectivity index (χ0v) is 29.1. The molecule has 0 aliphatic carbocycles. The Hall–Kier alpha value is -4.29. The van der Waals surface area contributed by atoms with E-state index in [1.165, 1.54) is 19.2 Å². The molecule has 1 aliphatic heterocycles. The summed E-state index contributed by atoms with van der Waals surface area (Å²) in [6.45, 7) is 17.8. The molecule has 5 rings (SSSR count). The second kappa shape index (κ2) is 14.4. The summed E-state index contributed by atoms with van der Waals surface area (Å²) in [5.74, 6) is 1.06. The Morgan fingerprint density at radius 3 is 2.62 bits per heavy atom. The largest absolute Gasteiger partial charge is 0.493 e. The van der Waals surface area contributed by atoms with Gasteiger partial charge in [-0.2, -0.15) is 9.61 Å². The van der Waals surface area contributed by atoms with Crippen LogP contribution in [-0.2, 0) is 25.4 Å². The number of halogens is 1. The fraction of sp³-hybridized carbons (Fsp3) is 0.500. The molecule has 0 radical (unpaired) electrons. The maximum atomic E-state index is 14.2. The van der Waals surface area contributed by atoms with Crippen LogP contribution >= 0.6 is 0 Å². The zero-order chi connectivity index (χ0) is 34.6. The number of anilines is 1. The summed E-state index contributed by atoms with van der Waals surface area (Å²) in [4.78, 5) is 20.4. The van der Waals surface area contributed by atoms with Crippen molar-refractivity contribution >= 4 is 17.4 Å². The van der Waals surface area contributed by atoms with Gasteiger partial charge in [-0.25, -0.2) is 18.9 Å². The van der Waals surface area contributed by atoms with Crippen molar-refractivity contribution in [3.63, 3.8) is 0 Å². The van der Waals surface area contributed by atoms with E-state index in [0.717, 1.165) is 30.4 Å². The van der Waals surface area contributed by atoms with Gasteiger partial charge < -0.3 is 23.8 Å². The first-order valence-corrected chi connectivity index (χ1v) is 16.5. The van der Waals surface area contributed by atoms with E-state index in [0.29, 0.717) is 67.0 Å². The van der Waals surface area contributed by atoms with Gasteiger partial charge in [0.1, 0.15) is 17.4 Å². The first kappa shape index (κ1) is 35.0. The molecule has 1 fully saturated rings. The Kier molecular flexibility index (Phi) is 10.5. The van der Waals surface area contributed by atoms with Crippen molar-refractivity contribution in [3.8, 4) is 11.6 Å². The second-order valence-corrected chi connectivity index (χ2v) is 13.4. The van der Waals surface area contributed by atoms with Gasteiger partial charge >= 0.3 is 5.97 Å². The van der Waals surface area contributed by atoms with Gasteiger partial charge in [0.15, 0.2) is 17.6 Å². The molecule has 0 saturated carbocycles. The van der Waals surface area contributed by atoms with Crippen LogP contribution in [-0.4, -0.2) is 75.0 Å². The molecule has 0 bridgehead atoms. The van der Waals surface area contributed by atoms with Crippen molar-refractivity contribution in [1.82, 2.24) is 24.4 Å². The standard InChI is InChI=1S/C36H47FN6O5/c1-9-17-46-28-12-11-27(37)20-26(28)19-25-22-38-42(23-25)30-21-29-39-24(3)31(32(34(44)45-8)48-35(4,5)6)33(43(29)40-30)41-15-13-36(7,14-16-41)47-18-10-2/h10-12,20-23,32H,2,9,13-19H2,1,3-8H3/t32-/m0/s1. The van der Waals surface area contributed by atoms with Crippen molar-refractivity contribution in [2.45, 2.75) is 84.5 Å². The van der Waals surface area contributed by atoms with E-state index in [4.69, 9.17) is 29.0 Å². The summed E-state index contributed by atoms with van der Waals surface area (Å²) in [6, 6.07) is 6.43. The molecule has 1 aromatic carbocycles. The van der Waals surface area contributed by atoms with Gasteiger partial charge in [-0.15, -0.1) is 11.7 Å². The van der Waals surface area contributed by atoms with Gasteiger partial charge in [0.2, 0.25) is 0 Å². The molecule has 1 aliphatic rings. The fourth-order valence-corrected chi connectivity index (χ4v) is 5.94. The molecule has 258 valence electrons. The van der Waals surface area contributed by atoms with E-state index in [-0.39, 0.29) is 11.4 Å². The third-order valence-corrected chi connectivity index (χ3v) is 8.36. The number of esters is 1. The number of carbonyl (C=O) groups excluding carboxylic acids is 1. The SMILES string of the molecule is C=CCOC1(C)CCN(c2c([C@H](OC(C)(C)C)C(=O)OC)c(C)nc3cc(-n4cc(Cc5cc(F)ccc5OCCC)cn4)nn23)CC1. The van der Waals surface area contributed by atoms with Crippen LogP contribution in [0.4, 0.5) is 10.2 Å². The highest BCUT2D eigenvalue weighted by Gasteiger charge is 2.38. The Labute approximate surface area is 281 Å². The maximum Gasteiger partial charge on any atom is 0.339 e. The van der Waals surface area contributed by atoms with Gasteiger partial charge in [0.25, 0.3) is 0 Å². The van der Waals surface area contributed by atoms with Crippen LogP contribution in [0, 0.1) is 12.7 Å². The highest BCUT2D eigenvalue weighted by atomic mass is 19.1. The normalized spacial score (nSPS) is 15.5. The monoisotopic (exact) mass is 662 g/mol. The Balaban J connectivity index is 1.56. The number of hydrogen-bond donors (Lipinski definition) is 0. The molecule has 1 atom stereocenters. The lowest BCUT2D eigenvalue weighted by molar-refractivity contribution is -0.164. The minimum absolute atomic E-state index is 0.306. The molecule has 0 spiro atoms. The van der Waals surface area contributed by atoms with Crippen molar-refractivity contribution < 1.29 is 28.1 Å². The minimum atomic E-state index is -1.04. The topological polar surface area (TPSA) is 105 Å². The second-order valence-electron chi connectivity index (χ2n) is 13.4. The minimum Gasteiger partial charge on any atom is -0.493 e. The number of carbonyl (C=O) groups is 1. The lowest BCUT2D eigenvalue weighted by Crippen LogP contribution is -2.45. The molecule has 0 N–H and O–H groups in total. The van der Waals surface area contributed by atoms with E-state index >= 15 is 0 Å². The number of nitrogens with zero attached hydrogens (tertiary/aromatic N) is 6. The number of fused-ring (bicyclic) bond motifs is 1. The molecule has 4 aromatic rings. The summed E-state index contributed by atoms with van der Waals surface area (Å²) >= 11 is 0. The Bertz CT molecular complexity index is 1750. The number of aromatic nitrogens is 5. The van der Waals surface area contributed by atoms with Crippen LogP contribution in [0.3, 0.4) is 0 Å². The van der Waals surface area contributed by atoms with E-state index in [2.05, 4.69) is 23.5 Å². The average Bonchev–Trinajstić information content (AvgIpc) is 3.68. The highest BCUT2D eigenvalue weighted by molar-refractivity contribution is 5.80. The summed E-state index contributed by atoms with van der Waals surface area (Å²) in [5.41, 5.74) is 2.47. The first-order chi connectivity index (χ1) is 22.8. The fourth-order valence-electron chi connectivity index (χ4n) is 5.94. The molecular weight excluding hydrogens is 615 g/mol. The molecule has 1 saturated heterocycles. The predicted molar refractivity (Wildman–Crippen MR) is 181 cm³/mol. The highest BCUT2D eigenvalue weighted by Crippen LogP contribution is 2.38. The number of methoxy groups -OCH3 is 1. The Morgan fingerprint density at radius 2 is 1.96 bits per heavy atom. The molecule has 3 aromatic heterocycles. The van der Waals surface area contributed by atoms with Crippen LogP contribution < -0.4 is 9.64 Å². The van der Waals surface area contributed by atoms with Crippen LogP contribution in [0.1, 0.15) is 82.4 Å². The average molecular weight is 663 g/mol.